The topological polar surface area (TPSA) is 82.2 Å². The Morgan fingerprint density at radius 1 is 1.30 bits per heavy atom. The zero-order valence-electron chi connectivity index (χ0n) is 10.2. The third-order valence-corrected chi connectivity index (χ3v) is 2.66. The average molecular weight is 276 g/mol. The van der Waals surface area contributed by atoms with Gasteiger partial charge in [0.05, 0.1) is 11.5 Å². The van der Waals surface area contributed by atoms with E-state index in [1.165, 1.54) is 30.5 Å². The van der Waals surface area contributed by atoms with Crippen LogP contribution in [-0.2, 0) is 6.54 Å². The van der Waals surface area contributed by atoms with Crippen LogP contribution in [0.4, 0.5) is 10.1 Å². The lowest BCUT2D eigenvalue weighted by atomic mass is 10.1. The maximum absolute atomic E-state index is 13.0. The fourth-order valence-corrected chi connectivity index (χ4v) is 1.70. The van der Waals surface area contributed by atoms with Gasteiger partial charge in [-0.2, -0.15) is 0 Å². The van der Waals surface area contributed by atoms with Crippen molar-refractivity contribution in [1.82, 2.24) is 4.57 Å². The highest BCUT2D eigenvalue weighted by Crippen LogP contribution is 2.07. The minimum absolute atomic E-state index is 0.100. The summed E-state index contributed by atoms with van der Waals surface area (Å²) in [6, 6.07) is 7.39. The molecule has 0 spiro atoms. The first-order valence-corrected chi connectivity index (χ1v) is 5.61. The monoisotopic (exact) mass is 276 g/mol. The van der Waals surface area contributed by atoms with Crippen LogP contribution in [0.1, 0.15) is 10.4 Å². The van der Waals surface area contributed by atoms with E-state index >= 15 is 0 Å². The summed E-state index contributed by atoms with van der Waals surface area (Å²) in [6.45, 7) is -0.385. The Morgan fingerprint density at radius 2 is 2.05 bits per heavy atom. The van der Waals surface area contributed by atoms with Crippen molar-refractivity contribution in [2.24, 2.45) is 0 Å². The van der Waals surface area contributed by atoms with Crippen LogP contribution in [0.3, 0.4) is 0 Å². The van der Waals surface area contributed by atoms with Crippen LogP contribution in [0, 0.1) is 15.9 Å². The van der Waals surface area contributed by atoms with Gasteiger partial charge in [0.1, 0.15) is 5.82 Å². The number of nitrogens with zero attached hydrogens (tertiary/aromatic N) is 2. The molecule has 6 nitrogen and oxygen atoms in total. The number of Topliss-reactive ketones (excluding diaryl/α,β-unsaturated/α-hetero) is 1. The predicted molar refractivity (Wildman–Crippen MR) is 68.1 cm³/mol. The molecule has 0 radical (unpaired) electrons. The molecular formula is C13H9FN2O4. The van der Waals surface area contributed by atoms with Gasteiger partial charge in [-0.3, -0.25) is 19.7 Å². The second-order valence-electron chi connectivity index (χ2n) is 4.02. The summed E-state index contributed by atoms with van der Waals surface area (Å²) >= 11 is 0. The number of aromatic nitrogens is 1. The molecule has 1 aromatic carbocycles. The first-order valence-electron chi connectivity index (χ1n) is 5.61. The minimum Gasteiger partial charge on any atom is -0.302 e. The van der Waals surface area contributed by atoms with Crippen molar-refractivity contribution < 1.29 is 14.1 Å². The number of ketones is 1. The van der Waals surface area contributed by atoms with Gasteiger partial charge in [-0.25, -0.2) is 4.39 Å². The van der Waals surface area contributed by atoms with E-state index in [0.29, 0.717) is 0 Å². The molecule has 0 saturated heterocycles. The van der Waals surface area contributed by atoms with Crippen LogP contribution < -0.4 is 5.56 Å². The predicted octanol–water partition coefficient (Wildman–Crippen LogP) is 1.78. The molecule has 0 unspecified atom stereocenters. The van der Waals surface area contributed by atoms with Gasteiger partial charge in [0, 0.05) is 17.8 Å². The number of hydrogen-bond donors (Lipinski definition) is 0. The molecule has 0 aliphatic rings. The SMILES string of the molecule is O=C(Cn1cccc([N+](=O)[O-])c1=O)c1cccc(F)c1. The third-order valence-electron chi connectivity index (χ3n) is 2.66. The molecular weight excluding hydrogens is 267 g/mol. The molecule has 0 saturated carbocycles. The van der Waals surface area contributed by atoms with Crippen molar-refractivity contribution >= 4 is 11.5 Å². The quantitative estimate of drug-likeness (QED) is 0.484. The molecule has 1 aromatic heterocycles. The molecule has 0 atom stereocenters. The van der Waals surface area contributed by atoms with Crippen LogP contribution in [0.2, 0.25) is 0 Å². The van der Waals surface area contributed by atoms with Gasteiger partial charge >= 0.3 is 11.2 Å². The fourth-order valence-electron chi connectivity index (χ4n) is 1.70. The third kappa shape index (κ3) is 2.77. The molecule has 20 heavy (non-hydrogen) atoms. The summed E-state index contributed by atoms with van der Waals surface area (Å²) in [7, 11) is 0. The van der Waals surface area contributed by atoms with Gasteiger partial charge < -0.3 is 4.57 Å². The van der Waals surface area contributed by atoms with E-state index in [-0.39, 0.29) is 12.1 Å². The second kappa shape index (κ2) is 5.43. The number of halogens is 1. The number of carbonyl (C=O) groups excluding carboxylic acids is 1. The Balaban J connectivity index is 2.31. The van der Waals surface area contributed by atoms with Crippen LogP contribution in [0.15, 0.2) is 47.4 Å². The summed E-state index contributed by atoms with van der Waals surface area (Å²) in [5, 5.41) is 10.6. The van der Waals surface area contributed by atoms with Crippen LogP contribution >= 0.6 is 0 Å². The summed E-state index contributed by atoms with van der Waals surface area (Å²) in [5.74, 6) is -1.07. The van der Waals surface area contributed by atoms with Crippen molar-refractivity contribution in [2.75, 3.05) is 0 Å². The van der Waals surface area contributed by atoms with E-state index in [1.54, 1.807) is 0 Å². The van der Waals surface area contributed by atoms with Gasteiger partial charge in [0.15, 0.2) is 5.78 Å². The Hall–Kier alpha value is -2.83. The highest BCUT2D eigenvalue weighted by molar-refractivity contribution is 5.95. The van der Waals surface area contributed by atoms with Crippen LogP contribution in [0.25, 0.3) is 0 Å². The molecule has 7 heteroatoms. The number of hydrogen-bond acceptors (Lipinski definition) is 4. The molecule has 0 aliphatic heterocycles. The van der Waals surface area contributed by atoms with E-state index in [4.69, 9.17) is 0 Å². The first-order chi connectivity index (χ1) is 9.49. The van der Waals surface area contributed by atoms with Gasteiger partial charge in [0.2, 0.25) is 0 Å². The van der Waals surface area contributed by atoms with E-state index < -0.39 is 27.8 Å². The van der Waals surface area contributed by atoms with Crippen LogP contribution in [-0.4, -0.2) is 15.3 Å². The second-order valence-corrected chi connectivity index (χ2v) is 4.02. The summed E-state index contributed by atoms with van der Waals surface area (Å²) in [4.78, 5) is 33.5. The zero-order chi connectivity index (χ0) is 14.7. The van der Waals surface area contributed by atoms with Gasteiger partial charge in [-0.1, -0.05) is 12.1 Å². The van der Waals surface area contributed by atoms with Crippen molar-refractivity contribution in [3.63, 3.8) is 0 Å². The van der Waals surface area contributed by atoms with E-state index in [9.17, 15) is 24.1 Å². The fraction of sp³-hybridized carbons (Fsp3) is 0.0769. The largest absolute Gasteiger partial charge is 0.334 e. The number of pyridine rings is 1. The molecule has 0 amide bonds. The van der Waals surface area contributed by atoms with Crippen molar-refractivity contribution in [1.29, 1.82) is 0 Å². The molecule has 102 valence electrons. The van der Waals surface area contributed by atoms with E-state index in [1.807, 2.05) is 0 Å². The van der Waals surface area contributed by atoms with Gasteiger partial charge in [0.25, 0.3) is 0 Å². The maximum Gasteiger partial charge on any atom is 0.334 e. The molecule has 1 heterocycles. The number of carbonyl (C=O) groups is 1. The number of rotatable bonds is 4. The van der Waals surface area contributed by atoms with E-state index in [2.05, 4.69) is 0 Å². The van der Waals surface area contributed by atoms with Crippen molar-refractivity contribution in [2.45, 2.75) is 6.54 Å². The molecule has 0 aliphatic carbocycles. The number of benzene rings is 1. The molecule has 2 rings (SSSR count). The lowest BCUT2D eigenvalue weighted by Gasteiger charge is -2.04. The standard InChI is InChI=1S/C13H9FN2O4/c14-10-4-1-3-9(7-10)12(17)8-15-6-2-5-11(13(15)18)16(19)20/h1-7H,8H2. The zero-order valence-corrected chi connectivity index (χ0v) is 10.2. The van der Waals surface area contributed by atoms with E-state index in [0.717, 1.165) is 16.7 Å². The molecule has 0 fully saturated rings. The summed E-state index contributed by atoms with van der Waals surface area (Å²) in [6.07, 6.45) is 1.27. The Labute approximate surface area is 112 Å². The van der Waals surface area contributed by atoms with Gasteiger partial charge in [-0.05, 0) is 18.2 Å². The number of nitro groups is 1. The minimum atomic E-state index is -0.873. The molecule has 2 aromatic rings. The summed E-state index contributed by atoms with van der Waals surface area (Å²) in [5.41, 5.74) is -1.38. The smallest absolute Gasteiger partial charge is 0.302 e. The lowest BCUT2D eigenvalue weighted by molar-refractivity contribution is -0.386. The normalized spacial score (nSPS) is 10.2. The average Bonchev–Trinajstić information content (AvgIpc) is 2.40. The molecule has 0 bridgehead atoms. The lowest BCUT2D eigenvalue weighted by Crippen LogP contribution is -2.25. The Bertz CT molecular complexity index is 739. The van der Waals surface area contributed by atoms with Gasteiger partial charge in [-0.15, -0.1) is 0 Å². The highest BCUT2D eigenvalue weighted by Gasteiger charge is 2.15. The molecule has 0 N–H and O–H groups in total. The maximum atomic E-state index is 13.0. The van der Waals surface area contributed by atoms with Crippen LogP contribution in [0.5, 0.6) is 0 Å². The highest BCUT2D eigenvalue weighted by atomic mass is 19.1. The Kier molecular flexibility index (Phi) is 3.69. The van der Waals surface area contributed by atoms with Crippen molar-refractivity contribution in [3.8, 4) is 0 Å². The first kappa shape index (κ1) is 13.6. The Morgan fingerprint density at radius 3 is 2.70 bits per heavy atom. The van der Waals surface area contributed by atoms with Crippen molar-refractivity contribution in [3.05, 3.63) is 74.4 Å². The summed E-state index contributed by atoms with van der Waals surface area (Å²) < 4.78 is 13.9.